The predicted molar refractivity (Wildman–Crippen MR) is 166 cm³/mol. The lowest BCUT2D eigenvalue weighted by molar-refractivity contribution is -0.0549. The zero-order chi connectivity index (χ0) is 31.7. The molecule has 11 heteroatoms. The van der Waals surface area contributed by atoms with E-state index in [9.17, 15) is 29.7 Å². The molecule has 244 valence electrons. The van der Waals surface area contributed by atoms with Crippen LogP contribution in [0.2, 0.25) is 0 Å². The van der Waals surface area contributed by atoms with Crippen LogP contribution in [0.25, 0.3) is 0 Å². The number of hydrogen-bond acceptors (Lipinski definition) is 9. The van der Waals surface area contributed by atoms with Crippen molar-refractivity contribution in [3.63, 3.8) is 0 Å². The normalized spacial score (nSPS) is 19.6. The number of carbonyl (C=O) groups excluding carboxylic acids is 2. The first-order valence-electron chi connectivity index (χ1n) is 16.2. The third kappa shape index (κ3) is 10.8. The van der Waals surface area contributed by atoms with Crippen LogP contribution in [0.15, 0.2) is 41.3 Å². The van der Waals surface area contributed by atoms with Crippen LogP contribution in [0.5, 0.6) is 0 Å². The Labute approximate surface area is 259 Å². The Kier molecular flexibility index (Phi) is 15.5. The largest absolute Gasteiger partial charge is 0.462 e. The summed E-state index contributed by atoms with van der Waals surface area (Å²) in [6, 6.07) is 7.57. The number of nitrogens with one attached hydrogen (secondary N) is 1. The van der Waals surface area contributed by atoms with Crippen LogP contribution in [0.4, 0.5) is 5.82 Å². The van der Waals surface area contributed by atoms with E-state index in [-0.39, 0.29) is 23.6 Å². The summed E-state index contributed by atoms with van der Waals surface area (Å²) in [6.07, 6.45) is 13.4. The van der Waals surface area contributed by atoms with E-state index in [4.69, 9.17) is 9.47 Å². The van der Waals surface area contributed by atoms with Gasteiger partial charge in [0.05, 0.1) is 24.3 Å². The number of carbonyl (C=O) groups is 2. The molecule has 2 heterocycles. The smallest absolute Gasteiger partial charge is 0.351 e. The fourth-order valence-electron chi connectivity index (χ4n) is 5.37. The van der Waals surface area contributed by atoms with Gasteiger partial charge in [0.15, 0.2) is 6.23 Å². The number of aromatic nitrogens is 2. The SMILES string of the molecule is CCCCCCCCCCCCCCCCOC(=O)c1ccccc1C(=O)Nc1ccn([C@@H]2O[C@H](CO)[C@@H](O)[C@@H]2O)c(=O)n1. The molecular formula is C33H49N3O8. The van der Waals surface area contributed by atoms with Gasteiger partial charge in [-0.25, -0.2) is 9.59 Å². The van der Waals surface area contributed by atoms with E-state index < -0.39 is 48.7 Å². The average molecular weight is 616 g/mol. The molecule has 1 aliphatic rings. The van der Waals surface area contributed by atoms with Crippen LogP contribution < -0.4 is 11.0 Å². The number of anilines is 1. The lowest BCUT2D eigenvalue weighted by atomic mass is 10.0. The highest BCUT2D eigenvalue weighted by Crippen LogP contribution is 2.28. The minimum atomic E-state index is -1.45. The second kappa shape index (κ2) is 19.3. The van der Waals surface area contributed by atoms with Gasteiger partial charge in [-0.3, -0.25) is 9.36 Å². The van der Waals surface area contributed by atoms with Crippen molar-refractivity contribution in [1.29, 1.82) is 0 Å². The maximum Gasteiger partial charge on any atom is 0.351 e. The van der Waals surface area contributed by atoms with Crippen molar-refractivity contribution in [2.24, 2.45) is 0 Å². The summed E-state index contributed by atoms with van der Waals surface area (Å²) in [6.45, 7) is 1.98. The van der Waals surface area contributed by atoms with Crippen LogP contribution in [0.1, 0.15) is 124 Å². The fourth-order valence-corrected chi connectivity index (χ4v) is 5.37. The summed E-state index contributed by atoms with van der Waals surface area (Å²) in [5.41, 5.74) is -0.665. The topological polar surface area (TPSA) is 160 Å². The third-order valence-electron chi connectivity index (χ3n) is 7.99. The first-order chi connectivity index (χ1) is 21.4. The molecule has 0 unspecified atom stereocenters. The molecule has 11 nitrogen and oxygen atoms in total. The Hall–Kier alpha value is -3.12. The van der Waals surface area contributed by atoms with Gasteiger partial charge in [0.25, 0.3) is 5.91 Å². The summed E-state index contributed by atoms with van der Waals surface area (Å²) >= 11 is 0. The zero-order valence-electron chi connectivity index (χ0n) is 25.9. The van der Waals surface area contributed by atoms with Crippen molar-refractivity contribution in [2.75, 3.05) is 18.5 Å². The van der Waals surface area contributed by atoms with E-state index in [0.29, 0.717) is 0 Å². The van der Waals surface area contributed by atoms with E-state index in [2.05, 4.69) is 17.2 Å². The number of unbranched alkanes of at least 4 members (excludes halogenated alkanes) is 13. The van der Waals surface area contributed by atoms with Crippen molar-refractivity contribution in [3.8, 4) is 0 Å². The zero-order valence-corrected chi connectivity index (χ0v) is 25.9. The predicted octanol–water partition coefficient (Wildman–Crippen LogP) is 4.75. The van der Waals surface area contributed by atoms with Gasteiger partial charge in [-0.1, -0.05) is 103 Å². The van der Waals surface area contributed by atoms with Gasteiger partial charge in [-0.2, -0.15) is 4.98 Å². The molecule has 0 spiro atoms. The summed E-state index contributed by atoms with van der Waals surface area (Å²) in [5, 5.41) is 31.9. The van der Waals surface area contributed by atoms with Gasteiger partial charge in [-0.05, 0) is 24.6 Å². The van der Waals surface area contributed by atoms with Crippen molar-refractivity contribution in [2.45, 2.75) is 121 Å². The molecule has 4 atom stereocenters. The van der Waals surface area contributed by atoms with E-state index in [1.165, 1.54) is 95.0 Å². The number of hydrogen-bond donors (Lipinski definition) is 4. The van der Waals surface area contributed by atoms with E-state index in [1.54, 1.807) is 12.1 Å². The Morgan fingerprint density at radius 3 is 1.98 bits per heavy atom. The first kappa shape index (κ1) is 35.4. The van der Waals surface area contributed by atoms with Crippen molar-refractivity contribution >= 4 is 17.7 Å². The number of benzene rings is 1. The summed E-state index contributed by atoms with van der Waals surface area (Å²) in [7, 11) is 0. The van der Waals surface area contributed by atoms with Crippen molar-refractivity contribution in [3.05, 3.63) is 58.1 Å². The average Bonchev–Trinajstić information content (AvgIpc) is 3.31. The second-order valence-corrected chi connectivity index (χ2v) is 11.5. The highest BCUT2D eigenvalue weighted by Gasteiger charge is 2.43. The van der Waals surface area contributed by atoms with Gasteiger partial charge < -0.3 is 30.1 Å². The summed E-state index contributed by atoms with van der Waals surface area (Å²) in [4.78, 5) is 42.1. The number of nitrogens with zero attached hydrogens (tertiary/aromatic N) is 2. The molecule has 44 heavy (non-hydrogen) atoms. The highest BCUT2D eigenvalue weighted by atomic mass is 16.6. The van der Waals surface area contributed by atoms with Crippen LogP contribution >= 0.6 is 0 Å². The van der Waals surface area contributed by atoms with Crippen LogP contribution in [-0.2, 0) is 9.47 Å². The molecule has 0 saturated carbocycles. The molecule has 0 bridgehead atoms. The second-order valence-electron chi connectivity index (χ2n) is 11.5. The molecule has 1 amide bonds. The maximum atomic E-state index is 13.0. The van der Waals surface area contributed by atoms with Gasteiger partial charge in [0, 0.05) is 6.20 Å². The maximum absolute atomic E-state index is 13.0. The Balaban J connectivity index is 1.38. The van der Waals surface area contributed by atoms with E-state index >= 15 is 0 Å². The Morgan fingerprint density at radius 2 is 1.43 bits per heavy atom. The molecule has 1 aromatic heterocycles. The number of aliphatic hydroxyl groups excluding tert-OH is 3. The Bertz CT molecular complexity index is 1220. The van der Waals surface area contributed by atoms with Crippen LogP contribution in [0.3, 0.4) is 0 Å². The lowest BCUT2D eigenvalue weighted by Gasteiger charge is -2.17. The van der Waals surface area contributed by atoms with Crippen molar-refractivity contribution in [1.82, 2.24) is 9.55 Å². The molecule has 2 aromatic rings. The molecule has 4 N–H and O–H groups in total. The quantitative estimate of drug-likeness (QED) is 0.122. The van der Waals surface area contributed by atoms with Gasteiger partial charge in [0.1, 0.15) is 24.1 Å². The minimum absolute atomic E-state index is 0.0754. The number of amides is 1. The number of aliphatic hydroxyl groups is 3. The number of esters is 1. The van der Waals surface area contributed by atoms with Gasteiger partial charge in [0.2, 0.25) is 0 Å². The van der Waals surface area contributed by atoms with E-state index in [1.807, 2.05) is 0 Å². The molecule has 1 aliphatic heterocycles. The molecule has 0 radical (unpaired) electrons. The molecule has 3 rings (SSSR count). The van der Waals surface area contributed by atoms with Crippen LogP contribution in [-0.4, -0.2) is 68.3 Å². The molecule has 1 saturated heterocycles. The molecule has 1 aromatic carbocycles. The minimum Gasteiger partial charge on any atom is -0.462 e. The molecular weight excluding hydrogens is 566 g/mol. The standard InChI is InChI=1S/C33H49N3O8/c1-2-3-4-5-6-7-8-9-10-11-12-13-14-17-22-43-32(41)25-19-16-15-18-24(25)30(40)34-27-20-21-36(33(42)35-27)31-29(39)28(38)26(23-37)44-31/h15-16,18-21,26,28-29,31,37-39H,2-14,17,22-23H2,1H3,(H,34,35,40,42)/t26-,28-,29+,31-/m1/s1. The highest BCUT2D eigenvalue weighted by molar-refractivity contribution is 6.10. The third-order valence-corrected chi connectivity index (χ3v) is 7.99. The monoisotopic (exact) mass is 615 g/mol. The lowest BCUT2D eigenvalue weighted by Crippen LogP contribution is -2.36. The molecule has 1 fully saturated rings. The molecule has 0 aliphatic carbocycles. The van der Waals surface area contributed by atoms with Gasteiger partial charge >= 0.3 is 11.7 Å². The Morgan fingerprint density at radius 1 is 0.864 bits per heavy atom. The fraction of sp³-hybridized carbons (Fsp3) is 0.636. The van der Waals surface area contributed by atoms with E-state index in [0.717, 1.165) is 23.8 Å². The summed E-state index contributed by atoms with van der Waals surface area (Å²) in [5.74, 6) is -1.32. The first-order valence-corrected chi connectivity index (χ1v) is 16.2. The van der Waals surface area contributed by atoms with Gasteiger partial charge in [-0.15, -0.1) is 0 Å². The van der Waals surface area contributed by atoms with Crippen LogP contribution in [0, 0.1) is 0 Å². The number of ether oxygens (including phenoxy) is 2. The number of rotatable bonds is 20. The summed E-state index contributed by atoms with van der Waals surface area (Å²) < 4.78 is 11.8. The van der Waals surface area contributed by atoms with Crippen molar-refractivity contribution < 1.29 is 34.4 Å².